The zero-order valence-electron chi connectivity index (χ0n) is 10.9. The number of imidazole rings is 1. The Kier molecular flexibility index (Phi) is 3.10. The topological polar surface area (TPSA) is 41.1 Å². The molecular formula is C15H7F4N3. The van der Waals surface area contributed by atoms with Crippen molar-refractivity contribution in [3.63, 3.8) is 0 Å². The second kappa shape index (κ2) is 4.84. The van der Waals surface area contributed by atoms with Crippen LogP contribution >= 0.6 is 0 Å². The highest BCUT2D eigenvalue weighted by molar-refractivity contribution is 5.69. The maximum atomic E-state index is 13.0. The molecule has 0 N–H and O–H groups in total. The summed E-state index contributed by atoms with van der Waals surface area (Å²) in [6.07, 6.45) is -3.69. The van der Waals surface area contributed by atoms with Crippen LogP contribution in [0.5, 0.6) is 0 Å². The summed E-state index contributed by atoms with van der Waals surface area (Å²) >= 11 is 0. The van der Waals surface area contributed by atoms with Gasteiger partial charge in [0.15, 0.2) is 5.69 Å². The summed E-state index contributed by atoms with van der Waals surface area (Å²) in [5.74, 6) is -0.453. The Morgan fingerprint density at radius 1 is 1.05 bits per heavy atom. The number of rotatable bonds is 1. The quantitative estimate of drug-likeness (QED) is 0.637. The van der Waals surface area contributed by atoms with Crippen molar-refractivity contribution in [1.82, 2.24) is 9.38 Å². The van der Waals surface area contributed by atoms with Gasteiger partial charge in [0.2, 0.25) is 0 Å². The first-order valence-corrected chi connectivity index (χ1v) is 6.15. The van der Waals surface area contributed by atoms with E-state index in [1.807, 2.05) is 6.07 Å². The molecule has 2 heterocycles. The van der Waals surface area contributed by atoms with Crippen molar-refractivity contribution in [3.05, 3.63) is 59.7 Å². The zero-order valence-corrected chi connectivity index (χ0v) is 10.9. The highest BCUT2D eigenvalue weighted by Crippen LogP contribution is 2.31. The fraction of sp³-hybridized carbons (Fsp3) is 0.0667. The first-order valence-electron chi connectivity index (χ1n) is 6.15. The van der Waals surface area contributed by atoms with E-state index in [-0.39, 0.29) is 17.0 Å². The van der Waals surface area contributed by atoms with Gasteiger partial charge in [0.1, 0.15) is 23.2 Å². The van der Waals surface area contributed by atoms with Crippen molar-refractivity contribution < 1.29 is 17.6 Å². The third-order valence-corrected chi connectivity index (χ3v) is 3.17. The smallest absolute Gasteiger partial charge is 0.290 e. The maximum Gasteiger partial charge on any atom is 0.417 e. The van der Waals surface area contributed by atoms with Crippen LogP contribution in [0.1, 0.15) is 11.3 Å². The molecule has 0 aliphatic heterocycles. The lowest BCUT2D eigenvalue weighted by Gasteiger charge is -2.06. The number of hydrogen-bond acceptors (Lipinski definition) is 2. The van der Waals surface area contributed by atoms with Crippen molar-refractivity contribution in [2.45, 2.75) is 6.18 Å². The van der Waals surface area contributed by atoms with Crippen molar-refractivity contribution in [2.24, 2.45) is 0 Å². The molecule has 3 aromatic rings. The molecule has 0 bridgehead atoms. The number of pyridine rings is 1. The number of alkyl halides is 3. The van der Waals surface area contributed by atoms with Crippen molar-refractivity contribution in [1.29, 1.82) is 5.26 Å². The molecule has 3 rings (SSSR count). The third-order valence-electron chi connectivity index (χ3n) is 3.17. The van der Waals surface area contributed by atoms with Crippen LogP contribution in [0, 0.1) is 17.1 Å². The molecule has 2 aromatic heterocycles. The average Bonchev–Trinajstić information content (AvgIpc) is 2.84. The second-order valence-electron chi connectivity index (χ2n) is 4.57. The van der Waals surface area contributed by atoms with Crippen molar-refractivity contribution in [3.8, 4) is 17.3 Å². The summed E-state index contributed by atoms with van der Waals surface area (Å²) in [5, 5.41) is 9.25. The largest absolute Gasteiger partial charge is 0.417 e. The Hall–Kier alpha value is -2.88. The molecule has 0 spiro atoms. The number of fused-ring (bicyclic) bond motifs is 1. The fourth-order valence-electron chi connectivity index (χ4n) is 2.13. The summed E-state index contributed by atoms with van der Waals surface area (Å²) in [6.45, 7) is 0. The van der Waals surface area contributed by atoms with Crippen LogP contribution in [0.3, 0.4) is 0 Å². The minimum absolute atomic E-state index is 0.0345. The van der Waals surface area contributed by atoms with E-state index in [1.165, 1.54) is 30.3 Å². The van der Waals surface area contributed by atoms with Gasteiger partial charge in [0.25, 0.3) is 0 Å². The molecule has 22 heavy (non-hydrogen) atoms. The van der Waals surface area contributed by atoms with Crippen LogP contribution in [0.4, 0.5) is 17.6 Å². The summed E-state index contributed by atoms with van der Waals surface area (Å²) in [4.78, 5) is 4.16. The van der Waals surface area contributed by atoms with Crippen LogP contribution in [-0.4, -0.2) is 9.38 Å². The van der Waals surface area contributed by atoms with E-state index in [1.54, 1.807) is 0 Å². The lowest BCUT2D eigenvalue weighted by Crippen LogP contribution is -2.06. The molecule has 3 nitrogen and oxygen atoms in total. The summed E-state index contributed by atoms with van der Waals surface area (Å²) < 4.78 is 52.3. The number of nitriles is 1. The minimum atomic E-state index is -4.51. The summed E-state index contributed by atoms with van der Waals surface area (Å²) in [5.41, 5.74) is -0.0341. The van der Waals surface area contributed by atoms with Gasteiger partial charge in [0, 0.05) is 11.8 Å². The molecule has 0 saturated heterocycles. The van der Waals surface area contributed by atoms with Gasteiger partial charge in [-0.2, -0.15) is 18.4 Å². The normalized spacial score (nSPS) is 11.6. The first-order chi connectivity index (χ1) is 10.4. The molecule has 0 radical (unpaired) electrons. The summed E-state index contributed by atoms with van der Waals surface area (Å²) in [6, 6.07) is 9.17. The Morgan fingerprint density at radius 3 is 2.32 bits per heavy atom. The molecule has 0 fully saturated rings. The molecule has 0 aliphatic carbocycles. The second-order valence-corrected chi connectivity index (χ2v) is 4.57. The van der Waals surface area contributed by atoms with Crippen molar-refractivity contribution in [2.75, 3.05) is 0 Å². The van der Waals surface area contributed by atoms with Gasteiger partial charge < -0.3 is 0 Å². The third kappa shape index (κ3) is 2.29. The van der Waals surface area contributed by atoms with Crippen LogP contribution in [0.15, 0.2) is 42.6 Å². The molecule has 0 amide bonds. The molecule has 0 unspecified atom stereocenters. The predicted molar refractivity (Wildman–Crippen MR) is 70.3 cm³/mol. The van der Waals surface area contributed by atoms with E-state index in [4.69, 9.17) is 0 Å². The molecule has 7 heteroatoms. The first kappa shape index (κ1) is 14.1. The highest BCUT2D eigenvalue weighted by atomic mass is 19.4. The lowest BCUT2D eigenvalue weighted by atomic mass is 10.1. The lowest BCUT2D eigenvalue weighted by molar-refractivity contribution is -0.137. The van der Waals surface area contributed by atoms with E-state index >= 15 is 0 Å². The number of halogens is 4. The molecule has 110 valence electrons. The fourth-order valence-corrected chi connectivity index (χ4v) is 2.13. The van der Waals surface area contributed by atoms with Gasteiger partial charge in [-0.15, -0.1) is 0 Å². The molecule has 0 saturated carbocycles. The SMILES string of the molecule is N#Cc1c(-c2ccc(F)cc2)nc2ccc(C(F)(F)F)cn12. The van der Waals surface area contributed by atoms with Gasteiger partial charge in [-0.25, -0.2) is 9.37 Å². The molecule has 1 aromatic carbocycles. The van der Waals surface area contributed by atoms with Crippen LogP contribution in [0.2, 0.25) is 0 Å². The van der Waals surface area contributed by atoms with Gasteiger partial charge in [-0.3, -0.25) is 4.40 Å². The molecular weight excluding hydrogens is 298 g/mol. The van der Waals surface area contributed by atoms with E-state index in [0.717, 1.165) is 16.7 Å². The Balaban J connectivity index is 2.25. The average molecular weight is 305 g/mol. The van der Waals surface area contributed by atoms with Gasteiger partial charge >= 0.3 is 6.18 Å². The van der Waals surface area contributed by atoms with Gasteiger partial charge in [0.05, 0.1) is 5.56 Å². The monoisotopic (exact) mass is 305 g/mol. The highest BCUT2D eigenvalue weighted by Gasteiger charge is 2.31. The van der Waals surface area contributed by atoms with E-state index in [0.29, 0.717) is 5.56 Å². The number of benzene rings is 1. The Morgan fingerprint density at radius 2 is 1.73 bits per heavy atom. The number of nitrogens with zero attached hydrogens (tertiary/aromatic N) is 3. The van der Waals surface area contributed by atoms with Crippen LogP contribution in [0.25, 0.3) is 16.9 Å². The Labute approximate surface area is 122 Å². The van der Waals surface area contributed by atoms with Gasteiger partial charge in [-0.05, 0) is 36.4 Å². The van der Waals surface area contributed by atoms with E-state index in [9.17, 15) is 22.8 Å². The standard InChI is InChI=1S/C15H7F4N3/c16-11-4-1-9(2-5-11)14-12(7-20)22-8-10(15(17,18)19)3-6-13(22)21-14/h1-6,8H. The van der Waals surface area contributed by atoms with Crippen LogP contribution < -0.4 is 0 Å². The Bertz CT molecular complexity index is 886. The molecule has 0 aliphatic rings. The zero-order chi connectivity index (χ0) is 15.9. The van der Waals surface area contributed by atoms with Crippen LogP contribution in [-0.2, 0) is 6.18 Å². The number of aromatic nitrogens is 2. The maximum absolute atomic E-state index is 13.0. The predicted octanol–water partition coefficient (Wildman–Crippen LogP) is 4.03. The molecule has 0 atom stereocenters. The summed E-state index contributed by atoms with van der Waals surface area (Å²) in [7, 11) is 0. The number of hydrogen-bond donors (Lipinski definition) is 0. The minimum Gasteiger partial charge on any atom is -0.290 e. The van der Waals surface area contributed by atoms with Crippen molar-refractivity contribution >= 4 is 5.65 Å². The van der Waals surface area contributed by atoms with E-state index in [2.05, 4.69) is 4.98 Å². The van der Waals surface area contributed by atoms with Gasteiger partial charge in [-0.1, -0.05) is 0 Å². The van der Waals surface area contributed by atoms with E-state index < -0.39 is 17.6 Å².